The minimum atomic E-state index is -0.774. The van der Waals surface area contributed by atoms with Crippen LogP contribution in [0.5, 0.6) is 0 Å². The van der Waals surface area contributed by atoms with Gasteiger partial charge in [-0.2, -0.15) is 0 Å². The number of ether oxygens (including phenoxy) is 2. The Morgan fingerprint density at radius 1 is 1.57 bits per heavy atom. The van der Waals surface area contributed by atoms with Gasteiger partial charge in [-0.1, -0.05) is 0 Å². The van der Waals surface area contributed by atoms with E-state index in [0.717, 1.165) is 25.9 Å². The molecule has 1 atom stereocenters. The first-order chi connectivity index (χ1) is 6.79. The number of thioether (sulfide) groups is 1. The van der Waals surface area contributed by atoms with E-state index in [2.05, 4.69) is 0 Å². The van der Waals surface area contributed by atoms with E-state index < -0.39 is 5.97 Å². The Balaban J connectivity index is 1.90. The first-order valence-corrected chi connectivity index (χ1v) is 5.97. The summed E-state index contributed by atoms with van der Waals surface area (Å²) in [5.74, 6) is 0.0880. The Hall–Kier alpha value is -0.260. The van der Waals surface area contributed by atoms with Crippen molar-refractivity contribution >= 4 is 17.7 Å². The lowest BCUT2D eigenvalue weighted by Crippen LogP contribution is -2.23. The summed E-state index contributed by atoms with van der Waals surface area (Å²) < 4.78 is 10.8. The van der Waals surface area contributed by atoms with Gasteiger partial charge in [0, 0.05) is 12.4 Å². The van der Waals surface area contributed by atoms with Gasteiger partial charge in [-0.05, 0) is 19.3 Å². The minimum Gasteiger partial charge on any atom is -0.481 e. The van der Waals surface area contributed by atoms with E-state index in [1.54, 1.807) is 0 Å². The van der Waals surface area contributed by atoms with Crippen molar-refractivity contribution in [1.82, 2.24) is 0 Å². The molecule has 5 heteroatoms. The van der Waals surface area contributed by atoms with Gasteiger partial charge in [0.15, 0.2) is 6.29 Å². The molecule has 0 spiro atoms. The molecule has 1 aliphatic heterocycles. The summed E-state index contributed by atoms with van der Waals surface area (Å²) in [4.78, 5) is 10.2. The van der Waals surface area contributed by atoms with Crippen LogP contribution < -0.4 is 0 Å². The largest absolute Gasteiger partial charge is 0.481 e. The average molecular weight is 220 g/mol. The van der Waals surface area contributed by atoms with E-state index in [1.165, 1.54) is 11.8 Å². The van der Waals surface area contributed by atoms with Crippen molar-refractivity contribution in [1.29, 1.82) is 0 Å². The summed E-state index contributed by atoms with van der Waals surface area (Å²) in [5.41, 5.74) is 0. The predicted octanol–water partition coefficient (Wildman–Crippen LogP) is 1.35. The molecular weight excluding hydrogens is 204 g/mol. The van der Waals surface area contributed by atoms with Crippen LogP contribution in [0.1, 0.15) is 19.3 Å². The summed E-state index contributed by atoms with van der Waals surface area (Å²) in [6.07, 6.45) is 3.18. The topological polar surface area (TPSA) is 55.8 Å². The molecule has 82 valence electrons. The van der Waals surface area contributed by atoms with Gasteiger partial charge >= 0.3 is 5.97 Å². The smallest absolute Gasteiger partial charge is 0.313 e. The summed E-state index contributed by atoms with van der Waals surface area (Å²) in [6.45, 7) is 1.36. The zero-order valence-electron chi connectivity index (χ0n) is 8.11. The second-order valence-corrected chi connectivity index (χ2v) is 4.22. The molecule has 1 N–H and O–H groups in total. The molecular formula is C9H16O4S. The summed E-state index contributed by atoms with van der Waals surface area (Å²) in [6, 6.07) is 0. The van der Waals surface area contributed by atoms with Crippen LogP contribution in [0.15, 0.2) is 0 Å². The maximum atomic E-state index is 10.2. The Kier molecular flexibility index (Phi) is 5.98. The van der Waals surface area contributed by atoms with Gasteiger partial charge < -0.3 is 14.6 Å². The highest BCUT2D eigenvalue weighted by atomic mass is 32.2. The summed E-state index contributed by atoms with van der Waals surface area (Å²) in [7, 11) is 0. The van der Waals surface area contributed by atoms with Crippen molar-refractivity contribution in [2.75, 3.05) is 24.7 Å². The molecule has 1 heterocycles. The molecule has 4 nitrogen and oxygen atoms in total. The normalized spacial score (nSPS) is 22.1. The molecule has 1 rings (SSSR count). The number of carbonyl (C=O) groups is 1. The Labute approximate surface area is 88.0 Å². The fourth-order valence-corrected chi connectivity index (χ4v) is 1.77. The van der Waals surface area contributed by atoms with E-state index in [4.69, 9.17) is 14.6 Å². The lowest BCUT2D eigenvalue weighted by atomic mass is 10.2. The third kappa shape index (κ3) is 5.47. The summed E-state index contributed by atoms with van der Waals surface area (Å²) in [5, 5.41) is 8.38. The van der Waals surface area contributed by atoms with Gasteiger partial charge in [0.25, 0.3) is 0 Å². The highest BCUT2D eigenvalue weighted by Gasteiger charge is 2.13. The number of hydrogen-bond acceptors (Lipinski definition) is 4. The molecule has 0 aromatic heterocycles. The molecule has 14 heavy (non-hydrogen) atoms. The Bertz CT molecular complexity index is 168. The molecule has 0 saturated carbocycles. The lowest BCUT2D eigenvalue weighted by Gasteiger charge is -2.22. The summed E-state index contributed by atoms with van der Waals surface area (Å²) >= 11 is 1.37. The number of rotatable bonds is 6. The van der Waals surface area contributed by atoms with Crippen LogP contribution in [-0.2, 0) is 14.3 Å². The maximum Gasteiger partial charge on any atom is 0.313 e. The SMILES string of the molecule is O=C(O)CSCCOC1CCCCO1. The molecule has 0 aromatic rings. The van der Waals surface area contributed by atoms with Crippen molar-refractivity contribution < 1.29 is 19.4 Å². The van der Waals surface area contributed by atoms with Crippen molar-refractivity contribution in [2.45, 2.75) is 25.6 Å². The van der Waals surface area contributed by atoms with Crippen LogP contribution in [-0.4, -0.2) is 42.1 Å². The lowest BCUT2D eigenvalue weighted by molar-refractivity contribution is -0.158. The first kappa shape index (κ1) is 11.8. The molecule has 1 unspecified atom stereocenters. The standard InChI is InChI=1S/C9H16O4S/c10-8(11)7-14-6-5-13-9-3-1-2-4-12-9/h9H,1-7H2,(H,10,11). The van der Waals surface area contributed by atoms with Crippen LogP contribution in [0.2, 0.25) is 0 Å². The van der Waals surface area contributed by atoms with E-state index >= 15 is 0 Å². The van der Waals surface area contributed by atoms with Crippen LogP contribution in [0.25, 0.3) is 0 Å². The number of carboxylic acid groups (broad SMARTS) is 1. The Morgan fingerprint density at radius 3 is 3.07 bits per heavy atom. The molecule has 0 bridgehead atoms. The average Bonchev–Trinajstić information content (AvgIpc) is 2.18. The minimum absolute atomic E-state index is 0.0609. The van der Waals surface area contributed by atoms with Gasteiger partial charge in [0.2, 0.25) is 0 Å². The third-order valence-electron chi connectivity index (χ3n) is 1.89. The van der Waals surface area contributed by atoms with E-state index in [1.807, 2.05) is 0 Å². The van der Waals surface area contributed by atoms with E-state index in [-0.39, 0.29) is 12.0 Å². The molecule has 0 aliphatic carbocycles. The molecule has 1 fully saturated rings. The quantitative estimate of drug-likeness (QED) is 0.685. The fourth-order valence-electron chi connectivity index (χ4n) is 1.24. The van der Waals surface area contributed by atoms with Crippen molar-refractivity contribution in [3.8, 4) is 0 Å². The molecule has 0 radical (unpaired) electrons. The zero-order chi connectivity index (χ0) is 10.2. The maximum absolute atomic E-state index is 10.2. The fraction of sp³-hybridized carbons (Fsp3) is 0.889. The predicted molar refractivity (Wildman–Crippen MR) is 54.5 cm³/mol. The van der Waals surface area contributed by atoms with Crippen LogP contribution in [0.4, 0.5) is 0 Å². The monoisotopic (exact) mass is 220 g/mol. The van der Waals surface area contributed by atoms with Crippen molar-refractivity contribution in [3.63, 3.8) is 0 Å². The van der Waals surface area contributed by atoms with Crippen LogP contribution in [0, 0.1) is 0 Å². The second kappa shape index (κ2) is 7.09. The number of hydrogen-bond donors (Lipinski definition) is 1. The van der Waals surface area contributed by atoms with Gasteiger partial charge in [0.1, 0.15) is 0 Å². The van der Waals surface area contributed by atoms with Gasteiger partial charge in [-0.25, -0.2) is 0 Å². The van der Waals surface area contributed by atoms with Gasteiger partial charge in [-0.3, -0.25) is 4.79 Å². The number of aliphatic carboxylic acids is 1. The van der Waals surface area contributed by atoms with Crippen LogP contribution in [0.3, 0.4) is 0 Å². The second-order valence-electron chi connectivity index (χ2n) is 3.11. The van der Waals surface area contributed by atoms with Gasteiger partial charge in [-0.15, -0.1) is 11.8 Å². The third-order valence-corrected chi connectivity index (χ3v) is 2.80. The highest BCUT2D eigenvalue weighted by molar-refractivity contribution is 7.99. The Morgan fingerprint density at radius 2 is 2.43 bits per heavy atom. The molecule has 0 amide bonds. The first-order valence-electron chi connectivity index (χ1n) is 4.82. The highest BCUT2D eigenvalue weighted by Crippen LogP contribution is 2.13. The van der Waals surface area contributed by atoms with Crippen molar-refractivity contribution in [3.05, 3.63) is 0 Å². The van der Waals surface area contributed by atoms with Crippen LogP contribution >= 0.6 is 11.8 Å². The van der Waals surface area contributed by atoms with E-state index in [9.17, 15) is 4.79 Å². The van der Waals surface area contributed by atoms with Crippen molar-refractivity contribution in [2.24, 2.45) is 0 Å². The zero-order valence-corrected chi connectivity index (χ0v) is 8.92. The molecule has 1 saturated heterocycles. The molecule has 0 aromatic carbocycles. The van der Waals surface area contributed by atoms with E-state index in [0.29, 0.717) is 12.4 Å². The van der Waals surface area contributed by atoms with Gasteiger partial charge in [0.05, 0.1) is 12.4 Å². The molecule has 1 aliphatic rings. The number of carboxylic acids is 1.